The summed E-state index contributed by atoms with van der Waals surface area (Å²) in [6.45, 7) is 3.61. The molecule has 7 nitrogen and oxygen atoms in total. The summed E-state index contributed by atoms with van der Waals surface area (Å²) in [7, 11) is 0. The first-order valence-electron chi connectivity index (χ1n) is 11.2. The molecule has 0 saturated heterocycles. The average Bonchev–Trinajstić information content (AvgIpc) is 3.29. The van der Waals surface area contributed by atoms with Gasteiger partial charge < -0.3 is 19.8 Å². The Morgan fingerprint density at radius 2 is 1.97 bits per heavy atom. The smallest absolute Gasteiger partial charge is 0.344 e. The van der Waals surface area contributed by atoms with Gasteiger partial charge in [-0.1, -0.05) is 19.8 Å². The van der Waals surface area contributed by atoms with Crippen molar-refractivity contribution in [2.24, 2.45) is 5.73 Å². The number of nitrogens with zero attached hydrogens (tertiary/aromatic N) is 2. The van der Waals surface area contributed by atoms with Gasteiger partial charge in [-0.2, -0.15) is 5.26 Å². The Bertz CT molecular complexity index is 1400. The van der Waals surface area contributed by atoms with E-state index in [2.05, 4.69) is 0 Å². The van der Waals surface area contributed by atoms with Gasteiger partial charge in [-0.05, 0) is 49.8 Å². The van der Waals surface area contributed by atoms with E-state index in [1.165, 1.54) is 18.2 Å². The molecular formula is C25H22FN3O4. The molecule has 2 spiro atoms. The molecule has 4 heterocycles. The lowest BCUT2D eigenvalue weighted by Gasteiger charge is -2.46. The highest BCUT2D eigenvalue weighted by Crippen LogP contribution is 2.62. The zero-order valence-corrected chi connectivity index (χ0v) is 18.3. The average molecular weight is 447 g/mol. The molecule has 33 heavy (non-hydrogen) atoms. The van der Waals surface area contributed by atoms with Gasteiger partial charge in [0.25, 0.3) is 0 Å². The van der Waals surface area contributed by atoms with Crippen molar-refractivity contribution in [1.29, 1.82) is 5.26 Å². The molecule has 1 aromatic heterocycles. The zero-order chi connectivity index (χ0) is 23.3. The molecule has 2 aromatic rings. The summed E-state index contributed by atoms with van der Waals surface area (Å²) in [5.74, 6) is -0.928. The predicted octanol–water partition coefficient (Wildman–Crippen LogP) is 3.63. The molecule has 2 N–H and O–H groups in total. The van der Waals surface area contributed by atoms with E-state index in [9.17, 15) is 14.9 Å². The van der Waals surface area contributed by atoms with E-state index in [1.807, 2.05) is 13.0 Å². The molecule has 0 radical (unpaired) electrons. The predicted molar refractivity (Wildman–Crippen MR) is 116 cm³/mol. The van der Waals surface area contributed by atoms with Crippen LogP contribution in [0.15, 0.2) is 38.9 Å². The molecule has 2 unspecified atom stereocenters. The van der Waals surface area contributed by atoms with Crippen molar-refractivity contribution in [3.8, 4) is 11.8 Å². The maximum Gasteiger partial charge on any atom is 0.344 e. The summed E-state index contributed by atoms with van der Waals surface area (Å²) in [6, 6.07) is 6.21. The number of hydrogen-bond donors (Lipinski definition) is 1. The first-order chi connectivity index (χ1) is 15.7. The zero-order valence-electron chi connectivity index (χ0n) is 18.3. The quantitative estimate of drug-likeness (QED) is 0.661. The summed E-state index contributed by atoms with van der Waals surface area (Å²) in [5.41, 5.74) is 4.24. The molecule has 168 valence electrons. The Labute approximate surface area is 189 Å². The number of aryl methyl sites for hydroxylation is 1. The SMILES string of the molecule is Cc1cc2c(c(=O)o1)C1(C(=O)N3c4c(cc(F)cc41)C(C)CC31CCCC1)C(C#N)=C(N)O2. The van der Waals surface area contributed by atoms with Crippen molar-refractivity contribution in [3.05, 3.63) is 68.3 Å². The van der Waals surface area contributed by atoms with E-state index in [0.29, 0.717) is 17.7 Å². The number of halogens is 1. The largest absolute Gasteiger partial charge is 0.440 e. The lowest BCUT2D eigenvalue weighted by Crippen LogP contribution is -2.57. The highest BCUT2D eigenvalue weighted by Gasteiger charge is 2.66. The van der Waals surface area contributed by atoms with Gasteiger partial charge in [0.2, 0.25) is 11.8 Å². The fourth-order valence-electron chi connectivity index (χ4n) is 6.70. The van der Waals surface area contributed by atoms with Crippen molar-refractivity contribution < 1.29 is 18.3 Å². The lowest BCUT2D eigenvalue weighted by molar-refractivity contribution is -0.122. The van der Waals surface area contributed by atoms with Gasteiger partial charge in [0.1, 0.15) is 34.5 Å². The van der Waals surface area contributed by atoms with E-state index in [0.717, 1.165) is 25.7 Å². The number of amides is 1. The number of hydrogen-bond acceptors (Lipinski definition) is 6. The molecule has 1 fully saturated rings. The summed E-state index contributed by atoms with van der Waals surface area (Å²) < 4.78 is 26.0. The van der Waals surface area contributed by atoms with Gasteiger partial charge in [-0.25, -0.2) is 9.18 Å². The van der Waals surface area contributed by atoms with Crippen LogP contribution in [0.1, 0.15) is 67.4 Å². The van der Waals surface area contributed by atoms with E-state index in [1.54, 1.807) is 11.8 Å². The monoisotopic (exact) mass is 447 g/mol. The molecule has 8 heteroatoms. The van der Waals surface area contributed by atoms with Crippen molar-refractivity contribution in [2.75, 3.05) is 4.90 Å². The van der Waals surface area contributed by atoms with Crippen LogP contribution in [0.25, 0.3) is 0 Å². The molecule has 2 atom stereocenters. The van der Waals surface area contributed by atoms with Gasteiger partial charge in [0.05, 0.1) is 5.69 Å². The normalized spacial score (nSPS) is 26.4. The minimum absolute atomic E-state index is 0.00681. The Morgan fingerprint density at radius 1 is 1.24 bits per heavy atom. The number of carbonyl (C=O) groups excluding carboxylic acids is 1. The van der Waals surface area contributed by atoms with Gasteiger partial charge in [0, 0.05) is 17.2 Å². The minimum Gasteiger partial charge on any atom is -0.440 e. The molecule has 3 aliphatic heterocycles. The molecule has 1 aliphatic carbocycles. The van der Waals surface area contributed by atoms with Crippen molar-refractivity contribution in [2.45, 2.75) is 62.8 Å². The first kappa shape index (κ1) is 20.0. The maximum atomic E-state index is 15.0. The first-order valence-corrected chi connectivity index (χ1v) is 11.2. The fraction of sp³-hybridized carbons (Fsp3) is 0.400. The third-order valence-electron chi connectivity index (χ3n) is 7.85. The Balaban J connectivity index is 1.80. The number of nitrogens with two attached hydrogens (primary N) is 1. The summed E-state index contributed by atoms with van der Waals surface area (Å²) in [6.07, 6.45) is 4.25. The number of benzene rings is 1. The summed E-state index contributed by atoms with van der Waals surface area (Å²) >= 11 is 0. The number of rotatable bonds is 0. The van der Waals surface area contributed by atoms with Crippen LogP contribution in [0.3, 0.4) is 0 Å². The number of fused-ring (bicyclic) bond motifs is 4. The number of nitriles is 1. The van der Waals surface area contributed by atoms with Gasteiger partial charge in [-0.15, -0.1) is 0 Å². The van der Waals surface area contributed by atoms with Gasteiger partial charge >= 0.3 is 5.63 Å². The van der Waals surface area contributed by atoms with E-state index >= 15 is 4.39 Å². The van der Waals surface area contributed by atoms with Crippen LogP contribution in [0.5, 0.6) is 5.75 Å². The molecule has 1 amide bonds. The van der Waals surface area contributed by atoms with Crippen molar-refractivity contribution in [3.63, 3.8) is 0 Å². The van der Waals surface area contributed by atoms with Crippen LogP contribution in [-0.2, 0) is 10.2 Å². The standard InChI is InChI=1S/C25H22FN3O4/c1-12-10-24(5-3-4-6-24)29-20-15(12)8-14(26)9-16(20)25(23(29)31)17(11-27)21(28)33-18-7-13(2)32-22(30)19(18)25/h7-9,12H,3-6,10,28H2,1-2H3. The third-order valence-corrected chi connectivity index (χ3v) is 7.85. The van der Waals surface area contributed by atoms with Crippen LogP contribution in [0.4, 0.5) is 10.1 Å². The van der Waals surface area contributed by atoms with Crippen LogP contribution >= 0.6 is 0 Å². The molecule has 1 saturated carbocycles. The Morgan fingerprint density at radius 3 is 2.67 bits per heavy atom. The molecule has 6 rings (SSSR count). The van der Waals surface area contributed by atoms with Crippen LogP contribution in [-0.4, -0.2) is 11.4 Å². The van der Waals surface area contributed by atoms with E-state index < -0.39 is 28.3 Å². The van der Waals surface area contributed by atoms with Crippen LogP contribution < -0.4 is 21.0 Å². The van der Waals surface area contributed by atoms with Crippen molar-refractivity contribution >= 4 is 11.6 Å². The van der Waals surface area contributed by atoms with Crippen molar-refractivity contribution in [1.82, 2.24) is 0 Å². The van der Waals surface area contributed by atoms with E-state index in [4.69, 9.17) is 14.9 Å². The number of ether oxygens (including phenoxy) is 1. The number of anilines is 1. The minimum atomic E-state index is -1.91. The Hall–Kier alpha value is -3.60. The maximum absolute atomic E-state index is 15.0. The Kier molecular flexibility index (Phi) is 3.80. The third kappa shape index (κ3) is 2.22. The van der Waals surface area contributed by atoms with E-state index in [-0.39, 0.29) is 40.0 Å². The highest BCUT2D eigenvalue weighted by molar-refractivity contribution is 6.16. The highest BCUT2D eigenvalue weighted by atomic mass is 19.1. The van der Waals surface area contributed by atoms with Gasteiger partial charge in [0.15, 0.2) is 5.41 Å². The molecule has 1 aromatic carbocycles. The second-order valence-electron chi connectivity index (χ2n) is 9.66. The molecule has 0 bridgehead atoms. The second-order valence-corrected chi connectivity index (χ2v) is 9.66. The second kappa shape index (κ2) is 6.25. The lowest BCUT2D eigenvalue weighted by atomic mass is 9.69. The van der Waals surface area contributed by atoms with Crippen LogP contribution in [0.2, 0.25) is 0 Å². The summed E-state index contributed by atoms with van der Waals surface area (Å²) in [5, 5.41) is 10.2. The fourth-order valence-corrected chi connectivity index (χ4v) is 6.70. The molecule has 4 aliphatic rings. The summed E-state index contributed by atoms with van der Waals surface area (Å²) in [4.78, 5) is 29.6. The van der Waals surface area contributed by atoms with Gasteiger partial charge in [-0.3, -0.25) is 4.79 Å². The van der Waals surface area contributed by atoms with Crippen LogP contribution in [0, 0.1) is 24.1 Å². The number of carbonyl (C=O) groups is 1. The molecular weight excluding hydrogens is 425 g/mol. The topological polar surface area (TPSA) is 110 Å².